The molecule has 1 aliphatic rings. The van der Waals surface area contributed by atoms with Gasteiger partial charge in [-0.05, 0) is 30.3 Å². The van der Waals surface area contributed by atoms with Gasteiger partial charge in [0.1, 0.15) is 0 Å². The van der Waals surface area contributed by atoms with E-state index in [0.29, 0.717) is 0 Å². The van der Waals surface area contributed by atoms with Gasteiger partial charge >= 0.3 is 5.97 Å². The van der Waals surface area contributed by atoms with Crippen LogP contribution in [0.2, 0.25) is 0 Å². The maximum absolute atomic E-state index is 11.8. The maximum Gasteiger partial charge on any atom is 0.335 e. The van der Waals surface area contributed by atoms with E-state index in [1.54, 1.807) is 0 Å². The lowest BCUT2D eigenvalue weighted by Gasteiger charge is -2.09. The Kier molecular flexibility index (Phi) is 3.39. The van der Waals surface area contributed by atoms with Crippen LogP contribution in [0.4, 0.5) is 0 Å². The van der Waals surface area contributed by atoms with Gasteiger partial charge in [0, 0.05) is 11.0 Å². The molecule has 0 spiro atoms. The van der Waals surface area contributed by atoms with E-state index in [-0.39, 0.29) is 16.9 Å². The Morgan fingerprint density at radius 1 is 1.16 bits per heavy atom. The first-order valence-electron chi connectivity index (χ1n) is 5.42. The molecule has 0 fully saturated rings. The van der Waals surface area contributed by atoms with E-state index in [2.05, 4.69) is 5.32 Å². The fourth-order valence-electron chi connectivity index (χ4n) is 1.68. The predicted molar refractivity (Wildman–Crippen MR) is 67.6 cm³/mol. The highest BCUT2D eigenvalue weighted by Gasteiger charge is 2.23. The zero-order valence-corrected chi connectivity index (χ0v) is 10.6. The Morgan fingerprint density at radius 3 is 2.21 bits per heavy atom. The van der Waals surface area contributed by atoms with Crippen LogP contribution in [0.15, 0.2) is 35.7 Å². The third kappa shape index (κ3) is 3.19. The highest BCUT2D eigenvalue weighted by Crippen LogP contribution is 2.10. The molecule has 6 nitrogen and oxygen atoms in total. The van der Waals surface area contributed by atoms with Crippen molar-refractivity contribution in [3.63, 3.8) is 0 Å². The van der Waals surface area contributed by atoms with Gasteiger partial charge in [0.05, 0.1) is 17.4 Å². The van der Waals surface area contributed by atoms with Gasteiger partial charge in [0.25, 0.3) is 5.91 Å². The van der Waals surface area contributed by atoms with Gasteiger partial charge in [0.15, 0.2) is 9.84 Å². The van der Waals surface area contributed by atoms with Gasteiger partial charge < -0.3 is 10.4 Å². The molecule has 0 bridgehead atoms. The van der Waals surface area contributed by atoms with Crippen molar-refractivity contribution in [2.45, 2.75) is 6.04 Å². The van der Waals surface area contributed by atoms with E-state index >= 15 is 0 Å². The van der Waals surface area contributed by atoms with Gasteiger partial charge in [-0.1, -0.05) is 0 Å². The number of amides is 1. The molecule has 0 radical (unpaired) electrons. The SMILES string of the molecule is O=C(O)c1ccc(C(=O)NC2C=CS(=O)(=O)C2)cc1. The lowest BCUT2D eigenvalue weighted by atomic mass is 10.1. The molecule has 100 valence electrons. The van der Waals surface area contributed by atoms with Gasteiger partial charge in [-0.25, -0.2) is 13.2 Å². The molecule has 1 amide bonds. The number of carboxylic acids is 1. The number of carboxylic acid groups (broad SMARTS) is 1. The zero-order chi connectivity index (χ0) is 14.0. The number of aromatic carboxylic acids is 1. The Hall–Kier alpha value is -2.15. The van der Waals surface area contributed by atoms with Crippen LogP contribution in [0.5, 0.6) is 0 Å². The van der Waals surface area contributed by atoms with E-state index in [4.69, 9.17) is 5.11 Å². The summed E-state index contributed by atoms with van der Waals surface area (Å²) >= 11 is 0. The van der Waals surface area contributed by atoms with Crippen molar-refractivity contribution in [1.82, 2.24) is 5.32 Å². The summed E-state index contributed by atoms with van der Waals surface area (Å²) in [5.74, 6) is -1.66. The molecule has 1 unspecified atom stereocenters. The van der Waals surface area contributed by atoms with Crippen molar-refractivity contribution < 1.29 is 23.1 Å². The van der Waals surface area contributed by atoms with Crippen LogP contribution in [-0.2, 0) is 9.84 Å². The number of rotatable bonds is 3. The summed E-state index contributed by atoms with van der Waals surface area (Å²) in [5.41, 5.74) is 0.364. The topological polar surface area (TPSA) is 101 Å². The van der Waals surface area contributed by atoms with Crippen molar-refractivity contribution in [3.8, 4) is 0 Å². The highest BCUT2D eigenvalue weighted by molar-refractivity contribution is 7.94. The monoisotopic (exact) mass is 281 g/mol. The second-order valence-corrected chi connectivity index (χ2v) is 6.05. The summed E-state index contributed by atoms with van der Waals surface area (Å²) in [5, 5.41) is 12.3. The first-order chi connectivity index (χ1) is 8.87. The highest BCUT2D eigenvalue weighted by atomic mass is 32.2. The summed E-state index contributed by atoms with van der Waals surface area (Å²) in [6.07, 6.45) is 1.42. The Labute approximate surface area is 109 Å². The van der Waals surface area contributed by atoms with Crippen molar-refractivity contribution in [3.05, 3.63) is 46.9 Å². The zero-order valence-electron chi connectivity index (χ0n) is 9.74. The van der Waals surface area contributed by atoms with Gasteiger partial charge in [-0.15, -0.1) is 0 Å². The van der Waals surface area contributed by atoms with E-state index in [1.807, 2.05) is 0 Å². The third-order valence-corrected chi connectivity index (χ3v) is 4.04. The minimum atomic E-state index is -3.21. The molecule has 1 aromatic carbocycles. The number of carbonyl (C=O) groups excluding carboxylic acids is 1. The molecule has 1 aromatic rings. The van der Waals surface area contributed by atoms with E-state index in [0.717, 1.165) is 5.41 Å². The molecule has 1 aliphatic heterocycles. The molecule has 1 heterocycles. The lowest BCUT2D eigenvalue weighted by Crippen LogP contribution is -2.35. The molecule has 0 saturated heterocycles. The average Bonchev–Trinajstić information content (AvgIpc) is 2.68. The van der Waals surface area contributed by atoms with Crippen molar-refractivity contribution in [2.75, 3.05) is 5.75 Å². The van der Waals surface area contributed by atoms with Crippen molar-refractivity contribution in [2.24, 2.45) is 0 Å². The normalized spacial score (nSPS) is 20.1. The second-order valence-electron chi connectivity index (χ2n) is 4.12. The Morgan fingerprint density at radius 2 is 1.74 bits per heavy atom. The molecule has 0 aromatic heterocycles. The predicted octanol–water partition coefficient (Wildman–Crippen LogP) is 0.425. The van der Waals surface area contributed by atoms with E-state index in [9.17, 15) is 18.0 Å². The largest absolute Gasteiger partial charge is 0.478 e. The van der Waals surface area contributed by atoms with Crippen LogP contribution in [0.1, 0.15) is 20.7 Å². The maximum atomic E-state index is 11.8. The van der Waals surface area contributed by atoms with Crippen molar-refractivity contribution >= 4 is 21.7 Å². The number of hydrogen-bond donors (Lipinski definition) is 2. The van der Waals surface area contributed by atoms with Crippen LogP contribution < -0.4 is 5.32 Å². The molecule has 0 saturated carbocycles. The van der Waals surface area contributed by atoms with Gasteiger partial charge in [-0.3, -0.25) is 4.79 Å². The summed E-state index contributed by atoms with van der Waals surface area (Å²) in [6, 6.07) is 4.85. The van der Waals surface area contributed by atoms with Crippen LogP contribution in [-0.4, -0.2) is 37.2 Å². The quantitative estimate of drug-likeness (QED) is 0.836. The summed E-state index contributed by atoms with van der Waals surface area (Å²) in [7, 11) is -3.21. The van der Waals surface area contributed by atoms with Crippen LogP contribution >= 0.6 is 0 Å². The first-order valence-corrected chi connectivity index (χ1v) is 7.14. The van der Waals surface area contributed by atoms with E-state index < -0.39 is 27.8 Å². The van der Waals surface area contributed by atoms with Crippen LogP contribution in [0.25, 0.3) is 0 Å². The average molecular weight is 281 g/mol. The smallest absolute Gasteiger partial charge is 0.335 e. The van der Waals surface area contributed by atoms with Gasteiger partial charge in [0.2, 0.25) is 0 Å². The lowest BCUT2D eigenvalue weighted by molar-refractivity contribution is 0.0696. The summed E-state index contributed by atoms with van der Waals surface area (Å²) in [4.78, 5) is 22.5. The summed E-state index contributed by atoms with van der Waals surface area (Å²) in [6.45, 7) is 0. The third-order valence-electron chi connectivity index (χ3n) is 2.64. The van der Waals surface area contributed by atoms with E-state index in [1.165, 1.54) is 30.3 Å². The molecular formula is C12H11NO5S. The molecule has 19 heavy (non-hydrogen) atoms. The van der Waals surface area contributed by atoms with Crippen LogP contribution in [0.3, 0.4) is 0 Å². The molecule has 0 aliphatic carbocycles. The number of sulfone groups is 1. The minimum Gasteiger partial charge on any atom is -0.478 e. The van der Waals surface area contributed by atoms with Crippen LogP contribution in [0, 0.1) is 0 Å². The Bertz CT molecular complexity index is 645. The summed E-state index contributed by atoms with van der Waals surface area (Å²) < 4.78 is 22.4. The second kappa shape index (κ2) is 4.85. The molecule has 7 heteroatoms. The number of hydrogen-bond acceptors (Lipinski definition) is 4. The van der Waals surface area contributed by atoms with Gasteiger partial charge in [-0.2, -0.15) is 0 Å². The molecular weight excluding hydrogens is 270 g/mol. The minimum absolute atomic E-state index is 0.0832. The fraction of sp³-hybridized carbons (Fsp3) is 0.167. The van der Waals surface area contributed by atoms with Crippen molar-refractivity contribution in [1.29, 1.82) is 0 Å². The Balaban J connectivity index is 2.05. The molecule has 2 rings (SSSR count). The molecule has 1 atom stereocenters. The fourth-order valence-corrected chi connectivity index (χ4v) is 2.92. The molecule has 2 N–H and O–H groups in total. The number of nitrogens with one attached hydrogen (secondary N) is 1. The number of carbonyl (C=O) groups is 2. The standard InChI is InChI=1S/C12H11NO5S/c14-11(13-10-5-6-19(17,18)7-10)8-1-3-9(4-2-8)12(15)16/h1-6,10H,7H2,(H,13,14)(H,15,16). The number of benzene rings is 1. The first kappa shape index (κ1) is 13.3.